The molecule has 1 unspecified atom stereocenters. The zero-order valence-electron chi connectivity index (χ0n) is 14.5. The fourth-order valence-corrected chi connectivity index (χ4v) is 7.17. The normalized spacial score (nSPS) is 19.2. The van der Waals surface area contributed by atoms with Crippen LogP contribution in [0, 0.1) is 5.82 Å². The second-order valence-corrected chi connectivity index (χ2v) is 11.1. The SMILES string of the molecule is O=S(=O)(NCCC1CCCCN1S(=O)(=O)c1cccs1)c1ccccc1F. The standard InChI is InChI=1S/C17H21FN2O4S3/c18-15-7-1-2-8-16(15)26(21,22)19-11-10-14-6-3-4-12-20(14)27(23,24)17-9-5-13-25-17/h1-2,5,7-9,13-14,19H,3-4,6,10-12H2. The molecule has 3 rings (SSSR count). The number of benzene rings is 1. The average Bonchev–Trinajstić information content (AvgIpc) is 3.18. The van der Waals surface area contributed by atoms with Gasteiger partial charge >= 0.3 is 0 Å². The first-order valence-electron chi connectivity index (χ1n) is 8.62. The summed E-state index contributed by atoms with van der Waals surface area (Å²) >= 11 is 1.17. The number of piperidine rings is 1. The van der Waals surface area contributed by atoms with Gasteiger partial charge in [-0.1, -0.05) is 24.6 Å². The number of hydrogen-bond acceptors (Lipinski definition) is 5. The number of nitrogens with one attached hydrogen (secondary N) is 1. The van der Waals surface area contributed by atoms with E-state index in [0.717, 1.165) is 18.9 Å². The number of sulfonamides is 2. The lowest BCUT2D eigenvalue weighted by molar-refractivity contribution is 0.242. The zero-order valence-corrected chi connectivity index (χ0v) is 17.0. The Labute approximate surface area is 163 Å². The first-order chi connectivity index (χ1) is 12.8. The fourth-order valence-electron chi connectivity index (χ4n) is 3.21. The lowest BCUT2D eigenvalue weighted by Crippen LogP contribution is -2.44. The Kier molecular flexibility index (Phi) is 6.32. The van der Waals surface area contributed by atoms with E-state index in [1.165, 1.54) is 33.8 Å². The van der Waals surface area contributed by atoms with Gasteiger partial charge in [-0.25, -0.2) is 25.9 Å². The highest BCUT2D eigenvalue weighted by molar-refractivity contribution is 7.91. The van der Waals surface area contributed by atoms with Crippen molar-refractivity contribution in [2.75, 3.05) is 13.1 Å². The van der Waals surface area contributed by atoms with Crippen molar-refractivity contribution >= 4 is 31.4 Å². The van der Waals surface area contributed by atoms with E-state index in [0.29, 0.717) is 23.6 Å². The van der Waals surface area contributed by atoms with Gasteiger partial charge in [0.1, 0.15) is 14.9 Å². The second kappa shape index (κ2) is 8.36. The van der Waals surface area contributed by atoms with Gasteiger partial charge in [-0.15, -0.1) is 11.3 Å². The van der Waals surface area contributed by atoms with E-state index >= 15 is 0 Å². The van der Waals surface area contributed by atoms with Crippen LogP contribution >= 0.6 is 11.3 Å². The Morgan fingerprint density at radius 3 is 2.59 bits per heavy atom. The lowest BCUT2D eigenvalue weighted by atomic mass is 10.0. The third kappa shape index (κ3) is 4.57. The molecule has 6 nitrogen and oxygen atoms in total. The van der Waals surface area contributed by atoms with Crippen molar-refractivity contribution in [3.63, 3.8) is 0 Å². The third-order valence-electron chi connectivity index (χ3n) is 4.53. The summed E-state index contributed by atoms with van der Waals surface area (Å²) in [4.78, 5) is -0.406. The number of hydrogen-bond donors (Lipinski definition) is 1. The second-order valence-electron chi connectivity index (χ2n) is 6.31. The van der Waals surface area contributed by atoms with E-state index in [9.17, 15) is 21.2 Å². The molecule has 1 fully saturated rings. The van der Waals surface area contributed by atoms with Gasteiger partial charge in [0.05, 0.1) is 0 Å². The molecule has 27 heavy (non-hydrogen) atoms. The first-order valence-corrected chi connectivity index (χ1v) is 12.4. The summed E-state index contributed by atoms with van der Waals surface area (Å²) in [5, 5.41) is 1.72. The highest BCUT2D eigenvalue weighted by atomic mass is 32.2. The van der Waals surface area contributed by atoms with Gasteiger partial charge in [-0.05, 0) is 42.8 Å². The van der Waals surface area contributed by atoms with E-state index in [1.807, 2.05) is 0 Å². The van der Waals surface area contributed by atoms with Crippen molar-refractivity contribution in [1.29, 1.82) is 0 Å². The maximum Gasteiger partial charge on any atom is 0.252 e. The van der Waals surface area contributed by atoms with Gasteiger partial charge in [-0.2, -0.15) is 4.31 Å². The van der Waals surface area contributed by atoms with E-state index in [2.05, 4.69) is 4.72 Å². The van der Waals surface area contributed by atoms with Crippen LogP contribution in [0.3, 0.4) is 0 Å². The molecule has 1 N–H and O–H groups in total. The monoisotopic (exact) mass is 432 g/mol. The molecule has 1 saturated heterocycles. The highest BCUT2D eigenvalue weighted by Crippen LogP contribution is 2.29. The molecule has 0 radical (unpaired) electrons. The van der Waals surface area contributed by atoms with Crippen LogP contribution in [-0.2, 0) is 20.0 Å². The minimum Gasteiger partial charge on any atom is -0.211 e. The topological polar surface area (TPSA) is 83.6 Å². The van der Waals surface area contributed by atoms with Gasteiger partial charge in [0, 0.05) is 19.1 Å². The van der Waals surface area contributed by atoms with Gasteiger partial charge in [-0.3, -0.25) is 0 Å². The molecule has 2 aromatic rings. The fraction of sp³-hybridized carbons (Fsp3) is 0.412. The van der Waals surface area contributed by atoms with E-state index < -0.39 is 30.8 Å². The van der Waals surface area contributed by atoms with Gasteiger partial charge in [0.15, 0.2) is 0 Å². The molecular weight excluding hydrogens is 411 g/mol. The van der Waals surface area contributed by atoms with Gasteiger partial charge in [0.2, 0.25) is 10.0 Å². The molecule has 0 bridgehead atoms. The maximum absolute atomic E-state index is 13.7. The number of thiophene rings is 1. The molecule has 2 heterocycles. The van der Waals surface area contributed by atoms with E-state index in [4.69, 9.17) is 0 Å². The minimum absolute atomic E-state index is 0.0395. The predicted octanol–water partition coefficient (Wildman–Crippen LogP) is 2.80. The molecular formula is C17H21FN2O4S3. The molecule has 1 aromatic carbocycles. The summed E-state index contributed by atoms with van der Waals surface area (Å²) in [6, 6.07) is 8.15. The van der Waals surface area contributed by atoms with Crippen LogP contribution in [0.25, 0.3) is 0 Å². The number of halogens is 1. The Balaban J connectivity index is 1.68. The third-order valence-corrected chi connectivity index (χ3v) is 9.35. The van der Waals surface area contributed by atoms with E-state index in [1.54, 1.807) is 17.5 Å². The zero-order chi connectivity index (χ0) is 19.5. The lowest BCUT2D eigenvalue weighted by Gasteiger charge is -2.34. The number of nitrogens with zero attached hydrogens (tertiary/aromatic N) is 1. The Bertz CT molecular complexity index is 975. The van der Waals surface area contributed by atoms with Crippen molar-refractivity contribution in [2.45, 2.75) is 40.8 Å². The van der Waals surface area contributed by atoms with Crippen molar-refractivity contribution in [1.82, 2.24) is 9.03 Å². The predicted molar refractivity (Wildman–Crippen MR) is 102 cm³/mol. The van der Waals surface area contributed by atoms with Crippen molar-refractivity contribution < 1.29 is 21.2 Å². The summed E-state index contributed by atoms with van der Waals surface area (Å²) in [5.41, 5.74) is 0. The molecule has 0 aliphatic carbocycles. The molecule has 1 atom stereocenters. The van der Waals surface area contributed by atoms with Gasteiger partial charge in [0.25, 0.3) is 10.0 Å². The van der Waals surface area contributed by atoms with Crippen LogP contribution in [0.15, 0.2) is 50.9 Å². The number of rotatable bonds is 7. The largest absolute Gasteiger partial charge is 0.252 e. The smallest absolute Gasteiger partial charge is 0.211 e. The molecule has 10 heteroatoms. The summed E-state index contributed by atoms with van der Waals surface area (Å²) in [6.07, 6.45) is 2.67. The molecule has 0 spiro atoms. The minimum atomic E-state index is -3.98. The average molecular weight is 433 g/mol. The maximum atomic E-state index is 13.7. The summed E-state index contributed by atoms with van der Waals surface area (Å²) < 4.78 is 68.1. The van der Waals surface area contributed by atoms with E-state index in [-0.39, 0.29) is 12.6 Å². The Hall–Kier alpha value is -1.33. The van der Waals surface area contributed by atoms with Crippen molar-refractivity contribution in [3.05, 3.63) is 47.6 Å². The van der Waals surface area contributed by atoms with Crippen LogP contribution in [0.1, 0.15) is 25.7 Å². The Morgan fingerprint density at radius 1 is 1.11 bits per heavy atom. The molecule has 0 saturated carbocycles. The quantitative estimate of drug-likeness (QED) is 0.729. The van der Waals surface area contributed by atoms with Crippen LogP contribution in [0.2, 0.25) is 0 Å². The van der Waals surface area contributed by atoms with Crippen molar-refractivity contribution in [2.24, 2.45) is 0 Å². The summed E-state index contributed by atoms with van der Waals surface area (Å²) in [5.74, 6) is -0.815. The first kappa shape index (κ1) is 20.4. The van der Waals surface area contributed by atoms with Crippen molar-refractivity contribution in [3.8, 4) is 0 Å². The molecule has 1 aromatic heterocycles. The molecule has 1 aliphatic heterocycles. The molecule has 1 aliphatic rings. The summed E-state index contributed by atoms with van der Waals surface area (Å²) in [7, 11) is -7.56. The highest BCUT2D eigenvalue weighted by Gasteiger charge is 2.34. The van der Waals surface area contributed by atoms with Gasteiger partial charge < -0.3 is 0 Å². The Morgan fingerprint density at radius 2 is 1.89 bits per heavy atom. The van der Waals surface area contributed by atoms with Crippen LogP contribution < -0.4 is 4.72 Å². The molecule has 148 valence electrons. The van der Waals surface area contributed by atoms with Crippen LogP contribution in [-0.4, -0.2) is 40.3 Å². The van der Waals surface area contributed by atoms with Crippen LogP contribution in [0.5, 0.6) is 0 Å². The summed E-state index contributed by atoms with van der Waals surface area (Å²) in [6.45, 7) is 0.461. The molecule has 0 amide bonds. The van der Waals surface area contributed by atoms with Crippen LogP contribution in [0.4, 0.5) is 4.39 Å².